The Hall–Kier alpha value is -2.09. The first kappa shape index (κ1) is 20.2. The van der Waals surface area contributed by atoms with Crippen molar-refractivity contribution in [2.45, 2.75) is 18.1 Å². The second-order valence-corrected chi connectivity index (χ2v) is 8.65. The quantitative estimate of drug-likeness (QED) is 0.470. The second-order valence-electron chi connectivity index (χ2n) is 6.79. The number of amides is 1. The molecular formula is C22H22BrN3O2S. The van der Waals surface area contributed by atoms with Crippen molar-refractivity contribution in [3.05, 3.63) is 64.8 Å². The number of carbonyl (C=O) groups excluding carboxylic acids is 1. The molecule has 2 aromatic carbocycles. The Morgan fingerprint density at radius 1 is 1.21 bits per heavy atom. The van der Waals surface area contributed by atoms with E-state index in [1.54, 1.807) is 7.11 Å². The molecule has 1 amide bonds. The molecule has 0 fully saturated rings. The lowest BCUT2D eigenvalue weighted by Crippen LogP contribution is -2.30. The van der Waals surface area contributed by atoms with Crippen LogP contribution in [0.15, 0.2) is 64.4 Å². The van der Waals surface area contributed by atoms with Gasteiger partial charge in [-0.25, -0.2) is 4.98 Å². The molecule has 0 bridgehead atoms. The number of rotatable bonds is 7. The van der Waals surface area contributed by atoms with E-state index >= 15 is 0 Å². The Morgan fingerprint density at radius 3 is 2.79 bits per heavy atom. The van der Waals surface area contributed by atoms with Gasteiger partial charge in [0.2, 0.25) is 5.91 Å². The van der Waals surface area contributed by atoms with Crippen LogP contribution in [0, 0.1) is 0 Å². The highest BCUT2D eigenvalue weighted by Gasteiger charge is 2.24. The lowest BCUT2D eigenvalue weighted by molar-refractivity contribution is -0.116. The van der Waals surface area contributed by atoms with Gasteiger partial charge in [0.25, 0.3) is 0 Å². The zero-order valence-corrected chi connectivity index (χ0v) is 18.6. The van der Waals surface area contributed by atoms with Crippen LogP contribution in [0.4, 0.5) is 5.69 Å². The number of imidazole rings is 1. The summed E-state index contributed by atoms with van der Waals surface area (Å²) in [6.07, 6.45) is 2.79. The molecule has 3 aromatic rings. The molecule has 2 heterocycles. The molecule has 0 atom stereocenters. The van der Waals surface area contributed by atoms with Crippen LogP contribution in [0.3, 0.4) is 0 Å². The van der Waals surface area contributed by atoms with Gasteiger partial charge in [0.1, 0.15) is 0 Å². The van der Waals surface area contributed by atoms with E-state index in [-0.39, 0.29) is 5.91 Å². The average molecular weight is 472 g/mol. The SMILES string of the molecule is COCCn1c(-c2ccc(Br)cc2)cnc1SCC(=O)N1CCc2ccccc21. The summed E-state index contributed by atoms with van der Waals surface area (Å²) in [5, 5.41) is 0.834. The van der Waals surface area contributed by atoms with E-state index in [2.05, 4.69) is 43.7 Å². The number of hydrogen-bond donors (Lipinski definition) is 0. The molecule has 150 valence electrons. The number of ether oxygens (including phenoxy) is 1. The van der Waals surface area contributed by atoms with Gasteiger partial charge in [-0.05, 0) is 35.7 Å². The van der Waals surface area contributed by atoms with Crippen LogP contribution in [0.1, 0.15) is 5.56 Å². The van der Waals surface area contributed by atoms with Gasteiger partial charge in [0, 0.05) is 30.4 Å². The van der Waals surface area contributed by atoms with Gasteiger partial charge in [0.15, 0.2) is 5.16 Å². The van der Waals surface area contributed by atoms with E-state index in [9.17, 15) is 4.79 Å². The van der Waals surface area contributed by atoms with Crippen LogP contribution in [0.5, 0.6) is 0 Å². The van der Waals surface area contributed by atoms with E-state index in [0.29, 0.717) is 18.9 Å². The molecule has 0 radical (unpaired) electrons. The summed E-state index contributed by atoms with van der Waals surface area (Å²) in [5.74, 6) is 0.476. The van der Waals surface area contributed by atoms with Crippen LogP contribution in [-0.2, 0) is 22.5 Å². The van der Waals surface area contributed by atoms with Crippen molar-refractivity contribution in [1.29, 1.82) is 0 Å². The van der Waals surface area contributed by atoms with Gasteiger partial charge in [0.05, 0.1) is 24.3 Å². The summed E-state index contributed by atoms with van der Waals surface area (Å²) in [6.45, 7) is 2.02. The van der Waals surface area contributed by atoms with Crippen LogP contribution < -0.4 is 4.90 Å². The number of para-hydroxylation sites is 1. The number of thioether (sulfide) groups is 1. The minimum Gasteiger partial charge on any atom is -0.383 e. The van der Waals surface area contributed by atoms with Crippen LogP contribution in [0.25, 0.3) is 11.3 Å². The highest BCUT2D eigenvalue weighted by Crippen LogP contribution is 2.30. The Kier molecular flexibility index (Phi) is 6.37. The third-order valence-electron chi connectivity index (χ3n) is 4.99. The predicted molar refractivity (Wildman–Crippen MR) is 120 cm³/mol. The largest absolute Gasteiger partial charge is 0.383 e. The molecule has 0 N–H and O–H groups in total. The summed E-state index contributed by atoms with van der Waals surface area (Å²) in [7, 11) is 1.69. The third kappa shape index (κ3) is 4.42. The van der Waals surface area contributed by atoms with Gasteiger partial charge in [-0.3, -0.25) is 4.79 Å². The molecule has 1 aliphatic rings. The molecule has 0 unspecified atom stereocenters. The predicted octanol–water partition coefficient (Wildman–Crippen LogP) is 4.64. The monoisotopic (exact) mass is 471 g/mol. The van der Waals surface area contributed by atoms with Crippen molar-refractivity contribution >= 4 is 39.3 Å². The normalized spacial score (nSPS) is 13.0. The maximum absolute atomic E-state index is 12.9. The minimum atomic E-state index is 0.117. The number of hydrogen-bond acceptors (Lipinski definition) is 4. The van der Waals surface area contributed by atoms with Crippen LogP contribution in [-0.4, -0.2) is 41.5 Å². The van der Waals surface area contributed by atoms with Crippen LogP contribution >= 0.6 is 27.7 Å². The zero-order chi connectivity index (χ0) is 20.2. The highest BCUT2D eigenvalue weighted by atomic mass is 79.9. The van der Waals surface area contributed by atoms with Crippen molar-refractivity contribution in [3.63, 3.8) is 0 Å². The Labute approximate surface area is 183 Å². The summed E-state index contributed by atoms with van der Waals surface area (Å²) >= 11 is 4.96. The molecule has 1 aliphatic heterocycles. The molecule has 4 rings (SSSR count). The smallest absolute Gasteiger partial charge is 0.237 e. The first-order valence-corrected chi connectivity index (χ1v) is 11.3. The summed E-state index contributed by atoms with van der Waals surface area (Å²) in [6, 6.07) is 16.3. The molecule has 0 saturated heterocycles. The lowest BCUT2D eigenvalue weighted by atomic mass is 10.2. The van der Waals surface area contributed by atoms with E-state index in [0.717, 1.165) is 39.5 Å². The second kappa shape index (κ2) is 9.15. The van der Waals surface area contributed by atoms with Crippen LogP contribution in [0.2, 0.25) is 0 Å². The molecule has 7 heteroatoms. The highest BCUT2D eigenvalue weighted by molar-refractivity contribution is 9.10. The van der Waals surface area contributed by atoms with Crippen molar-refractivity contribution in [1.82, 2.24) is 9.55 Å². The summed E-state index contributed by atoms with van der Waals surface area (Å²) in [4.78, 5) is 19.3. The topological polar surface area (TPSA) is 47.4 Å². The number of nitrogens with zero attached hydrogens (tertiary/aromatic N) is 3. The van der Waals surface area contributed by atoms with E-state index in [4.69, 9.17) is 4.74 Å². The van der Waals surface area contributed by atoms with Crippen molar-refractivity contribution in [2.75, 3.05) is 30.9 Å². The van der Waals surface area contributed by atoms with Gasteiger partial charge in [-0.2, -0.15) is 0 Å². The van der Waals surface area contributed by atoms with Crippen molar-refractivity contribution in [2.24, 2.45) is 0 Å². The first-order chi connectivity index (χ1) is 14.2. The van der Waals surface area contributed by atoms with Gasteiger partial charge < -0.3 is 14.2 Å². The number of benzene rings is 2. The van der Waals surface area contributed by atoms with E-state index in [1.807, 2.05) is 41.4 Å². The van der Waals surface area contributed by atoms with Gasteiger partial charge in [-0.15, -0.1) is 0 Å². The molecule has 0 saturated carbocycles. The fourth-order valence-corrected chi connectivity index (χ4v) is 4.67. The Balaban J connectivity index is 1.51. The van der Waals surface area contributed by atoms with Gasteiger partial charge in [-0.1, -0.05) is 58.0 Å². The van der Waals surface area contributed by atoms with E-state index < -0.39 is 0 Å². The molecule has 0 spiro atoms. The summed E-state index contributed by atoms with van der Waals surface area (Å²) < 4.78 is 8.45. The van der Waals surface area contributed by atoms with Crippen molar-refractivity contribution in [3.8, 4) is 11.3 Å². The maximum Gasteiger partial charge on any atom is 0.237 e. The molecule has 1 aromatic heterocycles. The molecular weight excluding hydrogens is 450 g/mol. The van der Waals surface area contributed by atoms with E-state index in [1.165, 1.54) is 17.3 Å². The maximum atomic E-state index is 12.9. The van der Waals surface area contributed by atoms with Crippen molar-refractivity contribution < 1.29 is 9.53 Å². The molecule has 0 aliphatic carbocycles. The number of fused-ring (bicyclic) bond motifs is 1. The minimum absolute atomic E-state index is 0.117. The fourth-order valence-electron chi connectivity index (χ4n) is 3.53. The molecule has 5 nitrogen and oxygen atoms in total. The summed E-state index contributed by atoms with van der Waals surface area (Å²) in [5.41, 5.74) is 4.39. The van der Waals surface area contributed by atoms with Gasteiger partial charge >= 0.3 is 0 Å². The first-order valence-electron chi connectivity index (χ1n) is 9.49. The Bertz CT molecular complexity index is 1000. The standard InChI is InChI=1S/C22H22BrN3O2S/c1-28-13-12-26-20(17-6-8-18(23)9-7-17)14-24-22(26)29-15-21(27)25-11-10-16-4-2-3-5-19(16)25/h2-9,14H,10-13,15H2,1H3. The lowest BCUT2D eigenvalue weighted by Gasteiger charge is -2.17. The zero-order valence-electron chi connectivity index (χ0n) is 16.2. The number of carbonyl (C=O) groups is 1. The number of anilines is 1. The molecule has 29 heavy (non-hydrogen) atoms. The average Bonchev–Trinajstić information content (AvgIpc) is 3.35. The number of aromatic nitrogens is 2. The fraction of sp³-hybridized carbons (Fsp3) is 0.273. The third-order valence-corrected chi connectivity index (χ3v) is 6.49. The number of methoxy groups -OCH3 is 1. The Morgan fingerprint density at radius 2 is 2.00 bits per heavy atom. The number of halogens is 1.